The van der Waals surface area contributed by atoms with Crippen molar-refractivity contribution in [3.8, 4) is 11.5 Å². The third-order valence-electron chi connectivity index (χ3n) is 4.24. The number of carbonyl (C=O) groups is 1. The molecule has 1 atom stereocenters. The van der Waals surface area contributed by atoms with E-state index in [-0.39, 0.29) is 5.91 Å². The maximum atomic E-state index is 12.3. The first-order valence-corrected chi connectivity index (χ1v) is 8.32. The van der Waals surface area contributed by atoms with Crippen molar-refractivity contribution in [3.63, 3.8) is 0 Å². The summed E-state index contributed by atoms with van der Waals surface area (Å²) >= 11 is 0. The van der Waals surface area contributed by atoms with Gasteiger partial charge in [0.1, 0.15) is 18.0 Å². The summed E-state index contributed by atoms with van der Waals surface area (Å²) in [7, 11) is 5.26. The van der Waals surface area contributed by atoms with Crippen LogP contribution in [0.1, 0.15) is 16.7 Å². The Morgan fingerprint density at radius 2 is 1.80 bits per heavy atom. The average molecular weight is 343 g/mol. The van der Waals surface area contributed by atoms with Crippen molar-refractivity contribution in [2.45, 2.75) is 20.4 Å². The van der Waals surface area contributed by atoms with Crippen molar-refractivity contribution >= 4 is 11.6 Å². The lowest BCUT2D eigenvalue weighted by atomic mass is 10.1. The predicted molar refractivity (Wildman–Crippen MR) is 99.5 cm³/mol. The van der Waals surface area contributed by atoms with Crippen molar-refractivity contribution in [3.05, 3.63) is 53.1 Å². The van der Waals surface area contributed by atoms with Crippen LogP contribution in [0.25, 0.3) is 0 Å². The number of methoxy groups -OCH3 is 2. The van der Waals surface area contributed by atoms with Crippen LogP contribution in [0.4, 0.5) is 5.69 Å². The number of hydrogen-bond acceptors (Lipinski definition) is 3. The molecule has 134 valence electrons. The van der Waals surface area contributed by atoms with Gasteiger partial charge in [-0.3, -0.25) is 4.79 Å². The fourth-order valence-electron chi connectivity index (χ4n) is 2.68. The number of hydrogen-bond donors (Lipinski definition) is 2. The molecular formula is C20H27N2O3+. The molecule has 0 bridgehead atoms. The minimum Gasteiger partial charge on any atom is -0.497 e. The topological polar surface area (TPSA) is 52.0 Å². The molecule has 0 spiro atoms. The van der Waals surface area contributed by atoms with Gasteiger partial charge in [-0.2, -0.15) is 0 Å². The van der Waals surface area contributed by atoms with Crippen LogP contribution in [0, 0.1) is 13.8 Å². The summed E-state index contributed by atoms with van der Waals surface area (Å²) in [6.07, 6.45) is 0. The van der Waals surface area contributed by atoms with E-state index in [1.165, 1.54) is 11.1 Å². The summed E-state index contributed by atoms with van der Waals surface area (Å²) in [5.74, 6) is 1.52. The van der Waals surface area contributed by atoms with E-state index in [0.717, 1.165) is 27.6 Å². The van der Waals surface area contributed by atoms with Gasteiger partial charge >= 0.3 is 0 Å². The summed E-state index contributed by atoms with van der Waals surface area (Å²) in [5, 5.41) is 2.96. The Kier molecular flexibility index (Phi) is 6.42. The maximum absolute atomic E-state index is 12.3. The first kappa shape index (κ1) is 18.8. The van der Waals surface area contributed by atoms with Crippen LogP contribution >= 0.6 is 0 Å². The van der Waals surface area contributed by atoms with Crippen LogP contribution < -0.4 is 19.7 Å². The van der Waals surface area contributed by atoms with E-state index < -0.39 is 0 Å². The minimum atomic E-state index is -0.00627. The molecule has 0 aliphatic carbocycles. The van der Waals surface area contributed by atoms with E-state index in [2.05, 4.69) is 12.2 Å². The molecule has 2 aromatic carbocycles. The second kappa shape index (κ2) is 8.53. The lowest BCUT2D eigenvalue weighted by molar-refractivity contribution is -0.885. The second-order valence-corrected chi connectivity index (χ2v) is 6.34. The SMILES string of the molecule is COc1ccc(C[NH+](C)CC(=O)Nc2ccc(C)c(C)c2)c(OC)c1. The number of benzene rings is 2. The molecule has 1 unspecified atom stereocenters. The highest BCUT2D eigenvalue weighted by Gasteiger charge is 2.14. The van der Waals surface area contributed by atoms with Crippen LogP contribution in [-0.4, -0.2) is 33.7 Å². The van der Waals surface area contributed by atoms with E-state index in [9.17, 15) is 4.79 Å². The summed E-state index contributed by atoms with van der Waals surface area (Å²) in [4.78, 5) is 13.4. The van der Waals surface area contributed by atoms with Crippen LogP contribution in [0.5, 0.6) is 11.5 Å². The molecule has 0 fully saturated rings. The summed E-state index contributed by atoms with van der Waals surface area (Å²) in [5.41, 5.74) is 4.26. The standard InChI is InChI=1S/C20H26N2O3/c1-14-6-8-17(10-15(14)2)21-20(23)13-22(3)12-16-7-9-18(24-4)11-19(16)25-5/h6-11H,12-13H2,1-5H3,(H,21,23)/p+1. The second-order valence-electron chi connectivity index (χ2n) is 6.34. The Labute approximate surface area is 149 Å². The first-order chi connectivity index (χ1) is 11.9. The molecule has 0 saturated heterocycles. The minimum absolute atomic E-state index is 0.00627. The number of anilines is 1. The summed E-state index contributed by atoms with van der Waals surface area (Å²) < 4.78 is 10.6. The molecule has 2 N–H and O–H groups in total. The zero-order chi connectivity index (χ0) is 18.4. The molecule has 5 nitrogen and oxygen atoms in total. The van der Waals surface area contributed by atoms with Gasteiger partial charge in [-0.05, 0) is 49.2 Å². The van der Waals surface area contributed by atoms with Crippen LogP contribution in [-0.2, 0) is 11.3 Å². The molecule has 2 rings (SSSR count). The molecular weight excluding hydrogens is 316 g/mol. The van der Waals surface area contributed by atoms with Crippen molar-refractivity contribution in [2.24, 2.45) is 0 Å². The number of aryl methyl sites for hydroxylation is 2. The Morgan fingerprint density at radius 1 is 1.04 bits per heavy atom. The molecule has 25 heavy (non-hydrogen) atoms. The molecule has 5 heteroatoms. The highest BCUT2D eigenvalue weighted by atomic mass is 16.5. The van der Waals surface area contributed by atoms with Crippen LogP contribution in [0.3, 0.4) is 0 Å². The van der Waals surface area contributed by atoms with Gasteiger partial charge in [-0.1, -0.05) is 6.07 Å². The largest absolute Gasteiger partial charge is 0.497 e. The molecule has 0 saturated carbocycles. The highest BCUT2D eigenvalue weighted by Crippen LogP contribution is 2.23. The number of quaternary nitrogens is 1. The van der Waals surface area contributed by atoms with E-state index in [1.807, 2.05) is 50.4 Å². The smallest absolute Gasteiger partial charge is 0.279 e. The Hall–Kier alpha value is -2.53. The molecule has 0 aliphatic heterocycles. The van der Waals surface area contributed by atoms with Gasteiger partial charge in [-0.15, -0.1) is 0 Å². The van der Waals surface area contributed by atoms with Crippen LogP contribution in [0.2, 0.25) is 0 Å². The third kappa shape index (κ3) is 5.22. The summed E-state index contributed by atoms with van der Waals surface area (Å²) in [6.45, 7) is 5.16. The van der Waals surface area contributed by atoms with Gasteiger partial charge < -0.3 is 19.7 Å². The van der Waals surface area contributed by atoms with Gasteiger partial charge in [0.15, 0.2) is 6.54 Å². The van der Waals surface area contributed by atoms with Gasteiger partial charge in [0, 0.05) is 17.3 Å². The van der Waals surface area contributed by atoms with Crippen molar-refractivity contribution in [1.29, 1.82) is 0 Å². The normalized spacial score (nSPS) is 11.7. The lowest BCUT2D eigenvalue weighted by Gasteiger charge is -2.16. The van der Waals surface area contributed by atoms with E-state index in [0.29, 0.717) is 13.1 Å². The average Bonchev–Trinajstić information content (AvgIpc) is 2.58. The van der Waals surface area contributed by atoms with Gasteiger partial charge in [0.25, 0.3) is 5.91 Å². The number of likely N-dealkylation sites (N-methyl/N-ethyl adjacent to an activating group) is 1. The summed E-state index contributed by atoms with van der Waals surface area (Å²) in [6, 6.07) is 11.7. The number of amides is 1. The quantitative estimate of drug-likeness (QED) is 0.808. The first-order valence-electron chi connectivity index (χ1n) is 8.32. The van der Waals surface area contributed by atoms with Gasteiger partial charge in [0.05, 0.1) is 21.3 Å². The number of nitrogens with one attached hydrogen (secondary N) is 2. The molecule has 2 aromatic rings. The molecule has 0 aliphatic rings. The van der Waals surface area contributed by atoms with Gasteiger partial charge in [-0.25, -0.2) is 0 Å². The van der Waals surface area contributed by atoms with Crippen molar-refractivity contribution in [1.82, 2.24) is 0 Å². The Balaban J connectivity index is 1.96. The number of rotatable bonds is 7. The van der Waals surface area contributed by atoms with Gasteiger partial charge in [0.2, 0.25) is 0 Å². The Bertz CT molecular complexity index is 744. The van der Waals surface area contributed by atoms with E-state index in [4.69, 9.17) is 9.47 Å². The number of carbonyl (C=O) groups excluding carboxylic acids is 1. The zero-order valence-corrected chi connectivity index (χ0v) is 15.6. The van der Waals surface area contributed by atoms with Crippen LogP contribution in [0.15, 0.2) is 36.4 Å². The molecule has 1 amide bonds. The monoisotopic (exact) mass is 343 g/mol. The fraction of sp³-hybridized carbons (Fsp3) is 0.350. The van der Waals surface area contributed by atoms with Crippen molar-refractivity contribution < 1.29 is 19.2 Å². The molecule has 0 radical (unpaired) electrons. The fourth-order valence-corrected chi connectivity index (χ4v) is 2.68. The van der Waals surface area contributed by atoms with E-state index >= 15 is 0 Å². The molecule has 0 heterocycles. The lowest BCUT2D eigenvalue weighted by Crippen LogP contribution is -3.08. The van der Waals surface area contributed by atoms with Crippen molar-refractivity contribution in [2.75, 3.05) is 33.1 Å². The van der Waals surface area contributed by atoms with E-state index in [1.54, 1.807) is 14.2 Å². The maximum Gasteiger partial charge on any atom is 0.279 e. The predicted octanol–water partition coefficient (Wildman–Crippen LogP) is 1.97. The Morgan fingerprint density at radius 3 is 2.44 bits per heavy atom. The molecule has 0 aromatic heterocycles. The third-order valence-corrected chi connectivity index (χ3v) is 4.24. The highest BCUT2D eigenvalue weighted by molar-refractivity contribution is 5.91. The zero-order valence-electron chi connectivity index (χ0n) is 15.6. The number of ether oxygens (including phenoxy) is 2.